The van der Waals surface area contributed by atoms with Gasteiger partial charge in [0.25, 0.3) is 5.89 Å². The number of carboxylic acids is 1. The Morgan fingerprint density at radius 2 is 2.16 bits per heavy atom. The number of carboxylic acid groups (broad SMARTS) is 1. The van der Waals surface area contributed by atoms with Crippen LogP contribution in [-0.2, 0) is 11.2 Å². The van der Waals surface area contributed by atoms with Crippen molar-refractivity contribution in [1.29, 1.82) is 0 Å². The zero-order chi connectivity index (χ0) is 13.7. The van der Waals surface area contributed by atoms with Crippen molar-refractivity contribution in [3.05, 3.63) is 29.2 Å². The van der Waals surface area contributed by atoms with E-state index in [9.17, 15) is 4.79 Å². The van der Waals surface area contributed by atoms with Crippen LogP contribution in [0.25, 0.3) is 11.6 Å². The molecule has 100 valence electrons. The van der Waals surface area contributed by atoms with Gasteiger partial charge in [-0.3, -0.25) is 4.79 Å². The van der Waals surface area contributed by atoms with E-state index in [4.69, 9.17) is 21.1 Å². The molecular formula is C12H12ClN3O3. The Bertz CT molecular complexity index is 554. The van der Waals surface area contributed by atoms with Gasteiger partial charge in [-0.15, -0.1) is 10.2 Å². The van der Waals surface area contributed by atoms with Crippen molar-refractivity contribution >= 4 is 17.6 Å². The molecule has 0 saturated heterocycles. The van der Waals surface area contributed by atoms with Crippen molar-refractivity contribution in [3.8, 4) is 11.6 Å². The SMILES string of the molecule is O=C(O)CCCCc1nnc(-c2ccc(Cl)cn2)o1. The number of aryl methyl sites for hydroxylation is 1. The summed E-state index contributed by atoms with van der Waals surface area (Å²) in [6.45, 7) is 0. The molecule has 0 spiro atoms. The molecule has 7 heteroatoms. The minimum atomic E-state index is -0.795. The second-order valence-electron chi connectivity index (χ2n) is 3.96. The van der Waals surface area contributed by atoms with Gasteiger partial charge in [-0.05, 0) is 25.0 Å². The van der Waals surface area contributed by atoms with Crippen LogP contribution >= 0.6 is 11.6 Å². The van der Waals surface area contributed by atoms with E-state index in [1.807, 2.05) is 0 Å². The van der Waals surface area contributed by atoms with Crippen LogP contribution < -0.4 is 0 Å². The molecule has 2 rings (SSSR count). The summed E-state index contributed by atoms with van der Waals surface area (Å²) in [7, 11) is 0. The summed E-state index contributed by atoms with van der Waals surface area (Å²) in [5, 5.41) is 16.8. The first kappa shape index (κ1) is 13.5. The van der Waals surface area contributed by atoms with E-state index in [1.165, 1.54) is 6.20 Å². The Hall–Kier alpha value is -1.95. The third kappa shape index (κ3) is 4.03. The van der Waals surface area contributed by atoms with Crippen molar-refractivity contribution in [2.24, 2.45) is 0 Å². The Morgan fingerprint density at radius 3 is 2.84 bits per heavy atom. The van der Waals surface area contributed by atoms with Crippen LogP contribution in [0.15, 0.2) is 22.7 Å². The first-order valence-corrected chi connectivity index (χ1v) is 6.19. The fraction of sp³-hybridized carbons (Fsp3) is 0.333. The second-order valence-corrected chi connectivity index (χ2v) is 4.40. The maximum absolute atomic E-state index is 10.4. The normalized spacial score (nSPS) is 10.6. The van der Waals surface area contributed by atoms with Gasteiger partial charge >= 0.3 is 5.97 Å². The number of nitrogens with zero attached hydrogens (tertiary/aromatic N) is 3. The van der Waals surface area contributed by atoms with Crippen LogP contribution in [0.2, 0.25) is 5.02 Å². The van der Waals surface area contributed by atoms with Gasteiger partial charge in [0.1, 0.15) is 5.69 Å². The summed E-state index contributed by atoms with van der Waals surface area (Å²) in [6, 6.07) is 3.39. The van der Waals surface area contributed by atoms with Crippen molar-refractivity contribution in [2.45, 2.75) is 25.7 Å². The molecule has 0 aliphatic carbocycles. The van der Waals surface area contributed by atoms with E-state index in [0.29, 0.717) is 41.8 Å². The molecular weight excluding hydrogens is 270 g/mol. The molecule has 0 bridgehead atoms. The number of unbranched alkanes of at least 4 members (excludes halogenated alkanes) is 1. The standard InChI is InChI=1S/C12H12ClN3O3/c13-8-5-6-9(14-7-8)12-16-15-10(19-12)3-1-2-4-11(17)18/h5-7H,1-4H2,(H,17,18). The maximum Gasteiger partial charge on any atom is 0.303 e. The lowest BCUT2D eigenvalue weighted by Gasteiger charge is -1.95. The number of hydrogen-bond donors (Lipinski definition) is 1. The van der Waals surface area contributed by atoms with Crippen molar-refractivity contribution < 1.29 is 14.3 Å². The van der Waals surface area contributed by atoms with E-state index in [0.717, 1.165) is 0 Å². The lowest BCUT2D eigenvalue weighted by molar-refractivity contribution is -0.137. The smallest absolute Gasteiger partial charge is 0.303 e. The number of rotatable bonds is 6. The number of carbonyl (C=O) groups is 1. The lowest BCUT2D eigenvalue weighted by atomic mass is 10.2. The first-order chi connectivity index (χ1) is 9.15. The molecule has 0 radical (unpaired) electrons. The summed E-state index contributed by atoms with van der Waals surface area (Å²) >= 11 is 5.74. The molecule has 0 aliphatic rings. The first-order valence-electron chi connectivity index (χ1n) is 5.81. The van der Waals surface area contributed by atoms with Gasteiger partial charge in [0.15, 0.2) is 0 Å². The predicted octanol–water partition coefficient (Wildman–Crippen LogP) is 2.58. The number of pyridine rings is 1. The highest BCUT2D eigenvalue weighted by atomic mass is 35.5. The molecule has 0 aromatic carbocycles. The summed E-state index contributed by atoms with van der Waals surface area (Å²) in [5.41, 5.74) is 0.564. The van der Waals surface area contributed by atoms with Gasteiger partial charge in [-0.25, -0.2) is 4.98 Å². The summed E-state index contributed by atoms with van der Waals surface area (Å²) < 4.78 is 5.44. The molecule has 0 saturated carbocycles. The quantitative estimate of drug-likeness (QED) is 0.819. The predicted molar refractivity (Wildman–Crippen MR) is 67.7 cm³/mol. The number of hydrogen-bond acceptors (Lipinski definition) is 5. The molecule has 0 aliphatic heterocycles. The summed E-state index contributed by atoms with van der Waals surface area (Å²) in [4.78, 5) is 14.4. The topological polar surface area (TPSA) is 89.1 Å². The largest absolute Gasteiger partial charge is 0.481 e. The van der Waals surface area contributed by atoms with E-state index in [-0.39, 0.29) is 6.42 Å². The molecule has 0 fully saturated rings. The highest BCUT2D eigenvalue weighted by Gasteiger charge is 2.09. The van der Waals surface area contributed by atoms with Gasteiger partial charge in [-0.2, -0.15) is 0 Å². The van der Waals surface area contributed by atoms with Crippen LogP contribution in [0.5, 0.6) is 0 Å². The Morgan fingerprint density at radius 1 is 1.32 bits per heavy atom. The number of aliphatic carboxylic acids is 1. The van der Waals surface area contributed by atoms with Gasteiger partial charge in [-0.1, -0.05) is 11.6 Å². The summed E-state index contributed by atoms with van der Waals surface area (Å²) in [5.74, 6) is 0.0265. The average molecular weight is 282 g/mol. The van der Waals surface area contributed by atoms with Gasteiger partial charge in [0.05, 0.1) is 5.02 Å². The molecule has 1 N–H and O–H groups in total. The molecule has 2 aromatic heterocycles. The van der Waals surface area contributed by atoms with E-state index < -0.39 is 5.97 Å². The van der Waals surface area contributed by atoms with Crippen LogP contribution in [-0.4, -0.2) is 26.3 Å². The Labute approximate surface area is 114 Å². The van der Waals surface area contributed by atoms with Crippen LogP contribution in [0.3, 0.4) is 0 Å². The van der Waals surface area contributed by atoms with E-state index >= 15 is 0 Å². The summed E-state index contributed by atoms with van der Waals surface area (Å²) in [6.07, 6.45) is 3.51. The van der Waals surface area contributed by atoms with Crippen molar-refractivity contribution in [1.82, 2.24) is 15.2 Å². The number of halogens is 1. The second kappa shape index (κ2) is 6.29. The third-order valence-electron chi connectivity index (χ3n) is 2.44. The zero-order valence-corrected chi connectivity index (χ0v) is 10.8. The molecule has 0 unspecified atom stereocenters. The van der Waals surface area contributed by atoms with Crippen LogP contribution in [0.4, 0.5) is 0 Å². The lowest BCUT2D eigenvalue weighted by Crippen LogP contribution is -1.95. The van der Waals surface area contributed by atoms with Crippen LogP contribution in [0.1, 0.15) is 25.2 Å². The highest BCUT2D eigenvalue weighted by molar-refractivity contribution is 6.30. The third-order valence-corrected chi connectivity index (χ3v) is 2.67. The maximum atomic E-state index is 10.4. The molecule has 2 heterocycles. The van der Waals surface area contributed by atoms with E-state index in [2.05, 4.69) is 15.2 Å². The van der Waals surface area contributed by atoms with Crippen LogP contribution in [0, 0.1) is 0 Å². The van der Waals surface area contributed by atoms with Gasteiger partial charge in [0.2, 0.25) is 5.89 Å². The Kier molecular flexibility index (Phi) is 4.46. The van der Waals surface area contributed by atoms with E-state index in [1.54, 1.807) is 12.1 Å². The van der Waals surface area contributed by atoms with Crippen molar-refractivity contribution in [2.75, 3.05) is 0 Å². The average Bonchev–Trinajstić information content (AvgIpc) is 2.84. The van der Waals surface area contributed by atoms with Gasteiger partial charge < -0.3 is 9.52 Å². The minimum Gasteiger partial charge on any atom is -0.481 e. The fourth-order valence-electron chi connectivity index (χ4n) is 1.51. The number of aromatic nitrogens is 3. The highest BCUT2D eigenvalue weighted by Crippen LogP contribution is 2.18. The monoisotopic (exact) mass is 281 g/mol. The fourth-order valence-corrected chi connectivity index (χ4v) is 1.62. The molecule has 0 amide bonds. The molecule has 0 atom stereocenters. The molecule has 19 heavy (non-hydrogen) atoms. The zero-order valence-electron chi connectivity index (χ0n) is 10.0. The Balaban J connectivity index is 1.91. The molecule has 2 aromatic rings. The van der Waals surface area contributed by atoms with Gasteiger partial charge in [0, 0.05) is 19.0 Å². The minimum absolute atomic E-state index is 0.153. The van der Waals surface area contributed by atoms with Crippen molar-refractivity contribution in [3.63, 3.8) is 0 Å². The molecule has 6 nitrogen and oxygen atoms in total.